The van der Waals surface area contributed by atoms with Crippen LogP contribution in [0.15, 0.2) is 91.0 Å². The Labute approximate surface area is 213 Å². The predicted octanol–water partition coefficient (Wildman–Crippen LogP) is 3.64. The van der Waals surface area contributed by atoms with Gasteiger partial charge in [-0.2, -0.15) is 0 Å². The van der Waals surface area contributed by atoms with Crippen LogP contribution in [0.3, 0.4) is 0 Å². The van der Waals surface area contributed by atoms with Crippen LogP contribution < -0.4 is 26.7 Å². The average molecular weight is 520 g/mol. The molecule has 0 aliphatic carbocycles. The van der Waals surface area contributed by atoms with Gasteiger partial charge in [0.05, 0.1) is 19.2 Å². The maximum Gasteiger partial charge on any atom is 0.491 e. The summed E-state index contributed by atoms with van der Waals surface area (Å²) >= 11 is 0. The van der Waals surface area contributed by atoms with E-state index in [4.69, 9.17) is 4.65 Å². The first-order valence-electron chi connectivity index (χ1n) is 11.7. The van der Waals surface area contributed by atoms with Gasteiger partial charge in [-0.25, -0.2) is 13.2 Å². The van der Waals surface area contributed by atoms with Crippen LogP contribution in [0.1, 0.15) is 12.0 Å². The van der Waals surface area contributed by atoms with E-state index in [9.17, 15) is 23.0 Å². The summed E-state index contributed by atoms with van der Waals surface area (Å²) < 4.78 is 46.9. The molecule has 2 N–H and O–H groups in total. The van der Waals surface area contributed by atoms with Crippen LogP contribution in [-0.4, -0.2) is 24.2 Å². The molecule has 1 amide bonds. The zero-order valence-electron chi connectivity index (χ0n) is 19.7. The topological polar surface area (TPSA) is 58.6 Å². The molecule has 4 aromatic rings. The van der Waals surface area contributed by atoms with E-state index < -0.39 is 31.8 Å². The Morgan fingerprint density at radius 2 is 1.30 bits per heavy atom. The molecule has 0 fully saturated rings. The summed E-state index contributed by atoms with van der Waals surface area (Å²) in [6, 6.07) is 23.4. The highest BCUT2D eigenvalue weighted by Crippen LogP contribution is 2.55. The van der Waals surface area contributed by atoms with Gasteiger partial charge in [-0.3, -0.25) is 4.79 Å². The number of benzene rings is 4. The zero-order chi connectivity index (χ0) is 26.0. The number of fused-ring (bicyclic) bond motifs is 1. The second-order valence-corrected chi connectivity index (χ2v) is 12.5. The molecule has 0 spiro atoms. The van der Waals surface area contributed by atoms with Crippen molar-refractivity contribution in [1.82, 2.24) is 0 Å². The fourth-order valence-electron chi connectivity index (χ4n) is 4.71. The van der Waals surface area contributed by atoms with Gasteiger partial charge in [0.2, 0.25) is 5.91 Å². The van der Waals surface area contributed by atoms with E-state index in [0.29, 0.717) is 23.9 Å². The van der Waals surface area contributed by atoms with Gasteiger partial charge >= 0.3 is 7.12 Å². The lowest BCUT2D eigenvalue weighted by Crippen LogP contribution is -2.35. The van der Waals surface area contributed by atoms with Gasteiger partial charge in [-0.1, -0.05) is 6.07 Å². The molecule has 4 aromatic carbocycles. The molecule has 1 heterocycles. The third kappa shape index (κ3) is 5.19. The smallest absolute Gasteiger partial charge is 0.423 e. The molecule has 0 bridgehead atoms. The van der Waals surface area contributed by atoms with Gasteiger partial charge in [-0.15, -0.1) is 0 Å². The summed E-state index contributed by atoms with van der Waals surface area (Å²) in [5, 5.41) is 15.2. The van der Waals surface area contributed by atoms with E-state index in [0.717, 1.165) is 21.5 Å². The van der Waals surface area contributed by atoms with Crippen molar-refractivity contribution in [2.75, 3.05) is 11.5 Å². The molecule has 5 rings (SSSR count). The minimum absolute atomic E-state index is 0.0933. The van der Waals surface area contributed by atoms with Crippen LogP contribution in [-0.2, 0) is 16.1 Å². The number of amides is 1. The van der Waals surface area contributed by atoms with Crippen molar-refractivity contribution in [2.45, 2.75) is 13.0 Å². The Bertz CT molecular complexity index is 1310. The molecule has 0 radical (unpaired) electrons. The van der Waals surface area contributed by atoms with Crippen LogP contribution in [0.2, 0.25) is 0 Å². The molecule has 0 saturated carbocycles. The minimum atomic E-state index is -2.62. The van der Waals surface area contributed by atoms with Crippen molar-refractivity contribution in [2.24, 2.45) is 0 Å². The Hall–Kier alpha value is -3.45. The molecular weight excluding hydrogens is 497 g/mol. The number of hydrogen-bond acceptors (Lipinski definition) is 3. The van der Waals surface area contributed by atoms with E-state index >= 15 is 0 Å². The fourth-order valence-corrected chi connectivity index (χ4v) is 8.89. The van der Waals surface area contributed by atoms with Gasteiger partial charge in [0.15, 0.2) is 0 Å². The minimum Gasteiger partial charge on any atom is -0.423 e. The first kappa shape index (κ1) is 25.2. The van der Waals surface area contributed by atoms with Crippen molar-refractivity contribution in [1.29, 1.82) is 0 Å². The molecule has 37 heavy (non-hydrogen) atoms. The van der Waals surface area contributed by atoms with Gasteiger partial charge in [0.25, 0.3) is 0 Å². The normalized spacial score (nSPS) is 12.9. The molecule has 4 nitrogen and oxygen atoms in total. The van der Waals surface area contributed by atoms with Crippen molar-refractivity contribution >= 4 is 47.4 Å². The highest BCUT2D eigenvalue weighted by Gasteiger charge is 2.45. The highest BCUT2D eigenvalue weighted by atomic mass is 31.2. The summed E-state index contributed by atoms with van der Waals surface area (Å²) in [5.41, 5.74) is 2.01. The molecule has 1 aliphatic rings. The first-order chi connectivity index (χ1) is 17.8. The number of rotatable bonds is 7. The third-order valence-corrected chi connectivity index (χ3v) is 11.0. The Morgan fingerprint density at radius 3 is 1.78 bits per heavy atom. The summed E-state index contributed by atoms with van der Waals surface area (Å²) in [5.74, 6) is -1.47. The molecule has 0 saturated heterocycles. The van der Waals surface area contributed by atoms with Crippen LogP contribution in [0, 0.1) is 17.5 Å². The summed E-state index contributed by atoms with van der Waals surface area (Å²) in [6.07, 6.45) is 0.439. The van der Waals surface area contributed by atoms with Gasteiger partial charge in [0.1, 0.15) is 40.6 Å². The van der Waals surface area contributed by atoms with Crippen LogP contribution in [0.4, 0.5) is 18.9 Å². The van der Waals surface area contributed by atoms with Crippen molar-refractivity contribution in [3.63, 3.8) is 0 Å². The summed E-state index contributed by atoms with van der Waals surface area (Å²) in [7, 11) is -3.64. The van der Waals surface area contributed by atoms with Crippen LogP contribution >= 0.6 is 7.26 Å². The lowest BCUT2D eigenvalue weighted by molar-refractivity contribution is -0.115. The zero-order valence-corrected chi connectivity index (χ0v) is 20.6. The Balaban J connectivity index is 1.51. The Kier molecular flexibility index (Phi) is 7.16. The van der Waals surface area contributed by atoms with Gasteiger partial charge in [0, 0.05) is 5.69 Å². The SMILES string of the molecule is O=C(CC[P+](c1ccc(F)cc1)(c1ccc(F)cc1)c1ccc(F)cc1)Nc1ccc2c(c1)B(O)OC2. The number of hydrogen-bond donors (Lipinski definition) is 2. The maximum atomic E-state index is 13.9. The standard InChI is InChI=1S/C28H22BF3NO3P/c30-20-2-9-24(10-3-20)37(25-11-4-21(31)5-12-25,26-13-6-22(32)7-14-26)16-15-28(34)33-23-8-1-19-18-36-29(35)27(19)17-23/h1-14,17,35H,15-16,18H2/p+1. The second kappa shape index (κ2) is 10.5. The summed E-state index contributed by atoms with van der Waals surface area (Å²) in [6.45, 7) is 0.310. The number of nitrogens with one attached hydrogen (secondary N) is 1. The molecule has 0 aromatic heterocycles. The van der Waals surface area contributed by atoms with Crippen LogP contribution in [0.25, 0.3) is 0 Å². The van der Waals surface area contributed by atoms with E-state index in [1.54, 1.807) is 54.6 Å². The molecule has 9 heteroatoms. The van der Waals surface area contributed by atoms with Crippen molar-refractivity contribution in [3.05, 3.63) is 114 Å². The Morgan fingerprint density at radius 1 is 0.811 bits per heavy atom. The quantitative estimate of drug-likeness (QED) is 0.289. The monoisotopic (exact) mass is 520 g/mol. The number of carbonyl (C=O) groups excluding carboxylic acids is 1. The molecule has 0 atom stereocenters. The van der Waals surface area contributed by atoms with Crippen LogP contribution in [0.5, 0.6) is 0 Å². The molecule has 186 valence electrons. The van der Waals surface area contributed by atoms with E-state index in [-0.39, 0.29) is 12.3 Å². The average Bonchev–Trinajstić information content (AvgIpc) is 3.27. The van der Waals surface area contributed by atoms with Gasteiger partial charge in [-0.05, 0) is 96.0 Å². The third-order valence-electron chi connectivity index (χ3n) is 6.57. The number of carbonyl (C=O) groups is 1. The first-order valence-corrected chi connectivity index (χ1v) is 13.7. The second-order valence-electron chi connectivity index (χ2n) is 8.84. The van der Waals surface area contributed by atoms with E-state index in [1.807, 2.05) is 0 Å². The van der Waals surface area contributed by atoms with Crippen molar-refractivity contribution in [3.8, 4) is 0 Å². The lowest BCUT2D eigenvalue weighted by atomic mass is 9.79. The molecular formula is C28H23BF3NO3P+. The number of anilines is 1. The number of halogens is 3. The predicted molar refractivity (Wildman–Crippen MR) is 142 cm³/mol. The van der Waals surface area contributed by atoms with Crippen molar-refractivity contribution < 1.29 is 27.6 Å². The summed E-state index contributed by atoms with van der Waals surface area (Å²) in [4.78, 5) is 13.1. The molecule has 1 aliphatic heterocycles. The van der Waals surface area contributed by atoms with E-state index in [2.05, 4.69) is 5.32 Å². The fraction of sp³-hybridized carbons (Fsp3) is 0.107. The lowest BCUT2D eigenvalue weighted by Gasteiger charge is -2.27. The largest absolute Gasteiger partial charge is 0.491 e. The van der Waals surface area contributed by atoms with E-state index in [1.165, 1.54) is 36.4 Å². The molecule has 0 unspecified atom stereocenters. The maximum absolute atomic E-state index is 13.9. The highest BCUT2D eigenvalue weighted by molar-refractivity contribution is 7.95. The van der Waals surface area contributed by atoms with Gasteiger partial charge < -0.3 is 15.0 Å².